The van der Waals surface area contributed by atoms with E-state index < -0.39 is 0 Å². The van der Waals surface area contributed by atoms with E-state index in [1.807, 2.05) is 48.5 Å². The molecule has 0 saturated carbocycles. The van der Waals surface area contributed by atoms with Crippen LogP contribution < -0.4 is 4.74 Å². The van der Waals surface area contributed by atoms with Gasteiger partial charge in [0.15, 0.2) is 0 Å². The molecule has 2 nitrogen and oxygen atoms in total. The molecule has 0 aliphatic heterocycles. The number of ether oxygens (including phenoxy) is 1. The second kappa shape index (κ2) is 8.39. The Morgan fingerprint density at radius 1 is 0.923 bits per heavy atom. The Morgan fingerprint density at radius 3 is 2.46 bits per heavy atom. The van der Waals surface area contributed by atoms with Crippen molar-refractivity contribution < 1.29 is 4.74 Å². The molecule has 3 aromatic carbocycles. The Hall–Kier alpha value is -2.29. The van der Waals surface area contributed by atoms with Crippen molar-refractivity contribution in [1.82, 2.24) is 0 Å². The predicted octanol–water partition coefficient (Wildman–Crippen LogP) is 6.94. The van der Waals surface area contributed by atoms with Gasteiger partial charge in [-0.1, -0.05) is 59.1 Å². The van der Waals surface area contributed by atoms with Crippen LogP contribution in [-0.2, 0) is 6.61 Å². The van der Waals surface area contributed by atoms with Gasteiger partial charge in [-0.3, -0.25) is 4.99 Å². The van der Waals surface area contributed by atoms with Crippen LogP contribution in [0.15, 0.2) is 65.7 Å². The number of aryl methyl sites for hydroxylation is 2. The molecule has 26 heavy (non-hydrogen) atoms. The van der Waals surface area contributed by atoms with Crippen molar-refractivity contribution in [2.75, 3.05) is 0 Å². The lowest BCUT2D eigenvalue weighted by atomic mass is 10.1. The highest BCUT2D eigenvalue weighted by molar-refractivity contribution is 6.32. The maximum Gasteiger partial charge on any atom is 0.138 e. The molecule has 0 aliphatic rings. The van der Waals surface area contributed by atoms with E-state index in [1.165, 1.54) is 5.56 Å². The molecule has 0 radical (unpaired) electrons. The monoisotopic (exact) mass is 383 g/mol. The van der Waals surface area contributed by atoms with Crippen LogP contribution in [0.4, 0.5) is 5.69 Å². The largest absolute Gasteiger partial charge is 0.487 e. The van der Waals surface area contributed by atoms with Gasteiger partial charge in [0.2, 0.25) is 0 Å². The van der Waals surface area contributed by atoms with Gasteiger partial charge in [0.1, 0.15) is 12.4 Å². The third kappa shape index (κ3) is 4.66. The lowest BCUT2D eigenvalue weighted by Crippen LogP contribution is -1.97. The molecular weight excluding hydrogens is 365 g/mol. The smallest absolute Gasteiger partial charge is 0.138 e. The molecule has 0 spiro atoms. The minimum Gasteiger partial charge on any atom is -0.487 e. The van der Waals surface area contributed by atoms with Crippen molar-refractivity contribution >= 4 is 35.1 Å². The van der Waals surface area contributed by atoms with Gasteiger partial charge < -0.3 is 4.74 Å². The molecule has 0 heterocycles. The fourth-order valence-corrected chi connectivity index (χ4v) is 3.01. The lowest BCUT2D eigenvalue weighted by Gasteiger charge is -2.09. The highest BCUT2D eigenvalue weighted by atomic mass is 35.5. The van der Waals surface area contributed by atoms with Crippen molar-refractivity contribution in [3.8, 4) is 5.75 Å². The van der Waals surface area contributed by atoms with E-state index in [0.29, 0.717) is 22.4 Å². The number of nitrogens with zero attached hydrogens (tertiary/aromatic N) is 1. The maximum absolute atomic E-state index is 6.35. The summed E-state index contributed by atoms with van der Waals surface area (Å²) < 4.78 is 5.79. The zero-order valence-electron chi connectivity index (χ0n) is 14.7. The summed E-state index contributed by atoms with van der Waals surface area (Å²) in [5.41, 5.74) is 5.16. The molecule has 0 unspecified atom stereocenters. The first kappa shape index (κ1) is 18.5. The Labute approximate surface area is 164 Å². The van der Waals surface area contributed by atoms with Crippen LogP contribution >= 0.6 is 23.2 Å². The number of hydrogen-bond donors (Lipinski definition) is 0. The Kier molecular flexibility index (Phi) is 5.97. The molecule has 0 saturated heterocycles. The molecule has 0 aromatic heterocycles. The topological polar surface area (TPSA) is 21.6 Å². The van der Waals surface area contributed by atoms with Gasteiger partial charge in [-0.2, -0.15) is 0 Å². The summed E-state index contributed by atoms with van der Waals surface area (Å²) in [5.74, 6) is 0.621. The van der Waals surface area contributed by atoms with Crippen LogP contribution in [0.3, 0.4) is 0 Å². The van der Waals surface area contributed by atoms with Gasteiger partial charge in [-0.25, -0.2) is 0 Å². The fourth-order valence-electron chi connectivity index (χ4n) is 2.58. The second-order valence-corrected chi connectivity index (χ2v) is 6.93. The first-order valence-electron chi connectivity index (χ1n) is 8.30. The van der Waals surface area contributed by atoms with Gasteiger partial charge in [0.25, 0.3) is 0 Å². The minimum atomic E-state index is 0.370. The number of aliphatic imine (C=N–C) groups is 1. The minimum absolute atomic E-state index is 0.370. The summed E-state index contributed by atoms with van der Waals surface area (Å²) in [5, 5.41) is 1.22. The van der Waals surface area contributed by atoms with Crippen molar-refractivity contribution in [3.63, 3.8) is 0 Å². The first-order chi connectivity index (χ1) is 12.5. The molecule has 0 N–H and O–H groups in total. The Balaban J connectivity index is 1.71. The third-order valence-electron chi connectivity index (χ3n) is 4.00. The normalized spacial score (nSPS) is 11.1. The van der Waals surface area contributed by atoms with Crippen LogP contribution in [0.1, 0.15) is 22.3 Å². The van der Waals surface area contributed by atoms with Crippen molar-refractivity contribution in [2.45, 2.75) is 20.5 Å². The molecule has 3 aromatic rings. The number of benzene rings is 3. The van der Waals surface area contributed by atoms with E-state index in [4.69, 9.17) is 27.9 Å². The quantitative estimate of drug-likeness (QED) is 0.437. The molecule has 3 rings (SSSR count). The molecule has 4 heteroatoms. The van der Waals surface area contributed by atoms with Gasteiger partial charge in [-0.15, -0.1) is 0 Å². The summed E-state index contributed by atoms with van der Waals surface area (Å²) in [7, 11) is 0. The maximum atomic E-state index is 6.35. The highest BCUT2D eigenvalue weighted by Crippen LogP contribution is 2.27. The average molecular weight is 384 g/mol. The second-order valence-electron chi connectivity index (χ2n) is 6.12. The van der Waals surface area contributed by atoms with Crippen LogP contribution in [0, 0.1) is 13.8 Å². The predicted molar refractivity (Wildman–Crippen MR) is 110 cm³/mol. The van der Waals surface area contributed by atoms with E-state index in [-0.39, 0.29) is 0 Å². The Bertz CT molecular complexity index is 951. The number of hydrogen-bond acceptors (Lipinski definition) is 2. The van der Waals surface area contributed by atoms with Crippen molar-refractivity contribution in [2.24, 2.45) is 4.99 Å². The molecule has 0 aliphatic carbocycles. The fraction of sp³-hybridized carbons (Fsp3) is 0.136. The summed E-state index contributed by atoms with van der Waals surface area (Å²) in [6.07, 6.45) is 1.81. The molecular formula is C22H19Cl2NO. The average Bonchev–Trinajstić information content (AvgIpc) is 2.61. The molecule has 0 amide bonds. The van der Waals surface area contributed by atoms with Crippen molar-refractivity contribution in [3.05, 3.63) is 93.0 Å². The summed E-state index contributed by atoms with van der Waals surface area (Å²) in [6, 6.07) is 19.4. The lowest BCUT2D eigenvalue weighted by molar-refractivity contribution is 0.306. The van der Waals surface area contributed by atoms with E-state index in [9.17, 15) is 0 Å². The molecule has 0 fully saturated rings. The van der Waals surface area contributed by atoms with Gasteiger partial charge >= 0.3 is 0 Å². The van der Waals surface area contributed by atoms with Crippen LogP contribution in [0.2, 0.25) is 10.0 Å². The molecule has 0 bridgehead atoms. The third-order valence-corrected chi connectivity index (χ3v) is 4.67. The summed E-state index contributed by atoms with van der Waals surface area (Å²) >= 11 is 12.5. The van der Waals surface area contributed by atoms with E-state index in [2.05, 4.69) is 31.0 Å². The van der Waals surface area contributed by atoms with Crippen LogP contribution in [-0.4, -0.2) is 6.21 Å². The standard InChI is InChI=1S/C22H19Cl2NO/c1-15-7-9-21(16(2)11-15)25-13-17-8-10-22(20(24)12-17)26-14-18-5-3-4-6-19(18)23/h3-13H,14H2,1-2H3. The highest BCUT2D eigenvalue weighted by Gasteiger charge is 2.05. The van der Waals surface area contributed by atoms with Crippen LogP contribution in [0.5, 0.6) is 5.75 Å². The zero-order valence-corrected chi connectivity index (χ0v) is 16.2. The molecule has 132 valence electrons. The van der Waals surface area contributed by atoms with Crippen LogP contribution in [0.25, 0.3) is 0 Å². The zero-order chi connectivity index (χ0) is 18.5. The number of rotatable bonds is 5. The van der Waals surface area contributed by atoms with E-state index in [1.54, 1.807) is 6.21 Å². The van der Waals surface area contributed by atoms with Gasteiger partial charge in [0, 0.05) is 16.8 Å². The number of halogens is 2. The molecule has 0 atom stereocenters. The van der Waals surface area contributed by atoms with Crippen molar-refractivity contribution in [1.29, 1.82) is 0 Å². The summed E-state index contributed by atoms with van der Waals surface area (Å²) in [4.78, 5) is 4.55. The summed E-state index contributed by atoms with van der Waals surface area (Å²) in [6.45, 7) is 4.50. The van der Waals surface area contributed by atoms with Gasteiger partial charge in [0.05, 0.1) is 10.7 Å². The van der Waals surface area contributed by atoms with E-state index in [0.717, 1.165) is 22.4 Å². The SMILES string of the molecule is Cc1ccc(N=Cc2ccc(OCc3ccccc3Cl)c(Cl)c2)c(C)c1. The Morgan fingerprint density at radius 2 is 1.73 bits per heavy atom. The first-order valence-corrected chi connectivity index (χ1v) is 9.05. The van der Waals surface area contributed by atoms with Gasteiger partial charge in [-0.05, 0) is 55.3 Å². The van der Waals surface area contributed by atoms with E-state index >= 15 is 0 Å².